The highest BCUT2D eigenvalue weighted by Gasteiger charge is 2.33. The largest absolute Gasteiger partial charge is 0.444 e. The molecule has 1 aromatic rings. The first-order chi connectivity index (χ1) is 12.6. The van der Waals surface area contributed by atoms with E-state index in [1.807, 2.05) is 63.8 Å². The van der Waals surface area contributed by atoms with Crippen molar-refractivity contribution in [3.05, 3.63) is 34.9 Å². The molecule has 1 saturated heterocycles. The smallest absolute Gasteiger partial charge is 0.410 e. The first-order valence-electron chi connectivity index (χ1n) is 9.59. The lowest BCUT2D eigenvalue weighted by Gasteiger charge is -2.37. The van der Waals surface area contributed by atoms with Gasteiger partial charge in [-0.1, -0.05) is 23.7 Å². The van der Waals surface area contributed by atoms with Crippen LogP contribution in [-0.2, 0) is 16.1 Å². The van der Waals surface area contributed by atoms with Crippen molar-refractivity contribution in [1.29, 1.82) is 0 Å². The van der Waals surface area contributed by atoms with Gasteiger partial charge in [-0.05, 0) is 65.2 Å². The fraction of sp³-hybridized carbons (Fsp3) is 0.619. The number of piperidine rings is 1. The lowest BCUT2D eigenvalue weighted by Crippen LogP contribution is -2.49. The van der Waals surface area contributed by atoms with Crippen LogP contribution in [0.1, 0.15) is 53.0 Å². The van der Waals surface area contributed by atoms with E-state index < -0.39 is 5.60 Å². The van der Waals surface area contributed by atoms with Crippen molar-refractivity contribution in [3.8, 4) is 0 Å². The van der Waals surface area contributed by atoms with Gasteiger partial charge in [0.25, 0.3) is 0 Å². The molecule has 0 unspecified atom stereocenters. The third-order valence-corrected chi connectivity index (χ3v) is 4.81. The van der Waals surface area contributed by atoms with Crippen molar-refractivity contribution in [2.45, 2.75) is 65.6 Å². The fourth-order valence-electron chi connectivity index (χ4n) is 3.25. The van der Waals surface area contributed by atoms with Crippen LogP contribution in [0, 0.1) is 5.92 Å². The first-order valence-corrected chi connectivity index (χ1v) is 9.97. The zero-order valence-electron chi connectivity index (χ0n) is 17.0. The van der Waals surface area contributed by atoms with Gasteiger partial charge in [0, 0.05) is 30.7 Å². The molecule has 1 aliphatic rings. The molecule has 2 rings (SSSR count). The van der Waals surface area contributed by atoms with Gasteiger partial charge in [0.05, 0.1) is 5.92 Å². The molecule has 1 aliphatic heterocycles. The predicted molar refractivity (Wildman–Crippen MR) is 108 cm³/mol. The summed E-state index contributed by atoms with van der Waals surface area (Å²) in [6.45, 7) is 11.1. The molecular formula is C21H31ClN2O3. The summed E-state index contributed by atoms with van der Waals surface area (Å²) in [5.41, 5.74) is 0.467. The number of amides is 2. The third-order valence-electron chi connectivity index (χ3n) is 4.57. The third kappa shape index (κ3) is 6.42. The van der Waals surface area contributed by atoms with Crippen LogP contribution in [-0.4, -0.2) is 46.5 Å². The highest BCUT2D eigenvalue weighted by Crippen LogP contribution is 2.23. The Morgan fingerprint density at radius 2 is 2.04 bits per heavy atom. The Morgan fingerprint density at radius 1 is 1.33 bits per heavy atom. The van der Waals surface area contributed by atoms with E-state index in [-0.39, 0.29) is 24.0 Å². The van der Waals surface area contributed by atoms with Crippen LogP contribution in [0.3, 0.4) is 0 Å². The average Bonchev–Trinajstić information content (AvgIpc) is 2.57. The molecule has 6 heteroatoms. The monoisotopic (exact) mass is 394 g/mol. The molecule has 0 radical (unpaired) electrons. The van der Waals surface area contributed by atoms with Crippen LogP contribution in [0.2, 0.25) is 5.02 Å². The highest BCUT2D eigenvalue weighted by atomic mass is 35.5. The van der Waals surface area contributed by atoms with E-state index in [1.165, 1.54) is 0 Å². The summed E-state index contributed by atoms with van der Waals surface area (Å²) in [4.78, 5) is 29.1. The van der Waals surface area contributed by atoms with Crippen LogP contribution < -0.4 is 0 Å². The lowest BCUT2D eigenvalue weighted by molar-refractivity contribution is -0.139. The summed E-state index contributed by atoms with van der Waals surface area (Å²) < 4.78 is 5.47. The Hall–Kier alpha value is -1.75. The minimum Gasteiger partial charge on any atom is -0.444 e. The van der Waals surface area contributed by atoms with Crippen molar-refractivity contribution in [1.82, 2.24) is 9.80 Å². The highest BCUT2D eigenvalue weighted by molar-refractivity contribution is 6.30. The number of ether oxygens (including phenoxy) is 1. The van der Waals surface area contributed by atoms with Crippen molar-refractivity contribution < 1.29 is 14.3 Å². The second-order valence-corrected chi connectivity index (χ2v) is 8.89. The Kier molecular flexibility index (Phi) is 7.15. The average molecular weight is 395 g/mol. The molecule has 1 atom stereocenters. The molecule has 1 fully saturated rings. The number of rotatable bonds is 4. The molecule has 150 valence electrons. The second-order valence-electron chi connectivity index (χ2n) is 8.46. The van der Waals surface area contributed by atoms with E-state index in [9.17, 15) is 9.59 Å². The first kappa shape index (κ1) is 21.5. The molecule has 0 N–H and O–H groups in total. The van der Waals surface area contributed by atoms with Crippen LogP contribution in [0.4, 0.5) is 4.79 Å². The molecule has 0 aliphatic carbocycles. The summed E-state index contributed by atoms with van der Waals surface area (Å²) >= 11 is 6.08. The zero-order valence-corrected chi connectivity index (χ0v) is 17.8. The van der Waals surface area contributed by atoms with Crippen molar-refractivity contribution in [2.75, 3.05) is 13.1 Å². The van der Waals surface area contributed by atoms with Crippen LogP contribution in [0.5, 0.6) is 0 Å². The summed E-state index contributed by atoms with van der Waals surface area (Å²) in [5.74, 6) is -0.119. The van der Waals surface area contributed by atoms with Gasteiger partial charge >= 0.3 is 6.09 Å². The SMILES string of the molecule is CC(C)N(Cc1cccc(Cl)c1)C(=O)[C@@H]1CCCN(C(=O)OC(C)(C)C)C1. The summed E-state index contributed by atoms with van der Waals surface area (Å²) in [5, 5.41) is 0.664. The van der Waals surface area contributed by atoms with E-state index in [4.69, 9.17) is 16.3 Å². The quantitative estimate of drug-likeness (QED) is 0.742. The standard InChI is InChI=1S/C21H31ClN2O3/c1-15(2)24(13-16-8-6-10-18(22)12-16)19(25)17-9-7-11-23(14-17)20(26)27-21(3,4)5/h6,8,10,12,15,17H,7,9,11,13-14H2,1-5H3/t17-/m1/s1. The molecule has 0 bridgehead atoms. The van der Waals surface area contributed by atoms with E-state index >= 15 is 0 Å². The number of benzene rings is 1. The maximum atomic E-state index is 13.2. The van der Waals surface area contributed by atoms with Crippen molar-refractivity contribution in [2.24, 2.45) is 5.92 Å². The van der Waals surface area contributed by atoms with Gasteiger partial charge in [-0.15, -0.1) is 0 Å². The number of carbonyl (C=O) groups excluding carboxylic acids is 2. The molecule has 0 aromatic heterocycles. The minimum absolute atomic E-state index is 0.0633. The van der Waals surface area contributed by atoms with Gasteiger partial charge in [0.1, 0.15) is 5.60 Å². The van der Waals surface area contributed by atoms with Crippen LogP contribution in [0.15, 0.2) is 24.3 Å². The summed E-state index contributed by atoms with van der Waals surface area (Å²) in [6, 6.07) is 7.65. The van der Waals surface area contributed by atoms with E-state index in [0.29, 0.717) is 24.7 Å². The minimum atomic E-state index is -0.537. The number of nitrogens with zero attached hydrogens (tertiary/aromatic N) is 2. The van der Waals surface area contributed by atoms with Gasteiger partial charge in [-0.3, -0.25) is 4.79 Å². The van der Waals surface area contributed by atoms with Gasteiger partial charge in [-0.2, -0.15) is 0 Å². The molecule has 27 heavy (non-hydrogen) atoms. The van der Waals surface area contributed by atoms with Crippen molar-refractivity contribution >= 4 is 23.6 Å². The van der Waals surface area contributed by atoms with Gasteiger partial charge in [-0.25, -0.2) is 4.79 Å². The van der Waals surface area contributed by atoms with Crippen LogP contribution in [0.25, 0.3) is 0 Å². The Balaban J connectivity index is 2.07. The van der Waals surface area contributed by atoms with Crippen LogP contribution >= 0.6 is 11.6 Å². The maximum absolute atomic E-state index is 13.2. The van der Waals surface area contributed by atoms with E-state index in [0.717, 1.165) is 18.4 Å². The Bertz CT molecular complexity index is 670. The second kappa shape index (κ2) is 8.96. The lowest BCUT2D eigenvalue weighted by atomic mass is 9.96. The van der Waals surface area contributed by atoms with Gasteiger partial charge < -0.3 is 14.5 Å². The normalized spacial score (nSPS) is 17.7. The van der Waals surface area contributed by atoms with Crippen molar-refractivity contribution in [3.63, 3.8) is 0 Å². The molecular weight excluding hydrogens is 364 g/mol. The number of hydrogen-bond acceptors (Lipinski definition) is 3. The molecule has 5 nitrogen and oxygen atoms in total. The molecule has 0 saturated carbocycles. The van der Waals surface area contributed by atoms with E-state index in [1.54, 1.807) is 4.90 Å². The molecule has 2 amide bonds. The number of carbonyl (C=O) groups is 2. The summed E-state index contributed by atoms with van der Waals surface area (Å²) in [7, 11) is 0. The Morgan fingerprint density at radius 3 is 2.63 bits per heavy atom. The zero-order chi connectivity index (χ0) is 20.2. The number of likely N-dealkylation sites (tertiary alicyclic amines) is 1. The molecule has 1 heterocycles. The van der Waals surface area contributed by atoms with Gasteiger partial charge in [0.2, 0.25) is 5.91 Å². The molecule has 0 spiro atoms. The van der Waals surface area contributed by atoms with E-state index in [2.05, 4.69) is 0 Å². The number of hydrogen-bond donors (Lipinski definition) is 0. The maximum Gasteiger partial charge on any atom is 0.410 e. The summed E-state index contributed by atoms with van der Waals surface area (Å²) in [6.07, 6.45) is 1.25. The fourth-order valence-corrected chi connectivity index (χ4v) is 3.47. The Labute approximate surface area is 167 Å². The van der Waals surface area contributed by atoms with Gasteiger partial charge in [0.15, 0.2) is 0 Å². The number of halogens is 1. The molecule has 1 aromatic carbocycles. The predicted octanol–water partition coefficient (Wildman–Crippen LogP) is 4.72. The topological polar surface area (TPSA) is 49.9 Å².